The maximum atomic E-state index is 14.0. The highest BCUT2D eigenvalue weighted by Crippen LogP contribution is 2.26. The number of unbranched alkanes of at least 4 members (excludes halogenated alkanes) is 1. The molecule has 3 rings (SSSR count). The van der Waals surface area contributed by atoms with Gasteiger partial charge in [0.05, 0.1) is 22.0 Å². The van der Waals surface area contributed by atoms with Crippen molar-refractivity contribution in [3.05, 3.63) is 99.0 Å². The first-order valence-corrected chi connectivity index (χ1v) is 17.1. The van der Waals surface area contributed by atoms with Crippen LogP contribution < -0.4 is 9.62 Å². The van der Waals surface area contributed by atoms with E-state index in [9.17, 15) is 18.0 Å². The van der Waals surface area contributed by atoms with Gasteiger partial charge in [0.25, 0.3) is 0 Å². The lowest BCUT2D eigenvalue weighted by atomic mass is 10.0. The number of sulfonamides is 1. The number of hydrogen-bond donors (Lipinski definition) is 1. The standard InChI is InChI=1S/C33H41Cl2N3O4S/c1-5-6-16-36-33(40)31(22-26-11-8-7-9-12-26)37(23-27-14-15-29(34)30(35)21-27)32(39)13-10-17-38(43(4,41)42)28-19-24(2)18-25(3)20-28/h7-9,11-12,14-15,18-21,31H,5-6,10,13,16-17,22-23H2,1-4H3,(H,36,40). The molecule has 0 saturated carbocycles. The van der Waals surface area contributed by atoms with Crippen molar-refractivity contribution in [3.8, 4) is 0 Å². The minimum Gasteiger partial charge on any atom is -0.354 e. The summed E-state index contributed by atoms with van der Waals surface area (Å²) in [5, 5.41) is 3.76. The molecule has 2 amide bonds. The third-order valence-electron chi connectivity index (χ3n) is 7.08. The summed E-state index contributed by atoms with van der Waals surface area (Å²) in [5.41, 5.74) is 4.12. The van der Waals surface area contributed by atoms with E-state index in [2.05, 4.69) is 5.32 Å². The number of nitrogens with one attached hydrogen (secondary N) is 1. The van der Waals surface area contributed by atoms with Crippen LogP contribution in [0.25, 0.3) is 0 Å². The zero-order valence-corrected chi connectivity index (χ0v) is 27.6. The van der Waals surface area contributed by atoms with Crippen molar-refractivity contribution in [2.24, 2.45) is 0 Å². The second kappa shape index (κ2) is 16.1. The molecule has 0 spiro atoms. The predicted octanol–water partition coefficient (Wildman–Crippen LogP) is 6.71. The van der Waals surface area contributed by atoms with Crippen molar-refractivity contribution < 1.29 is 18.0 Å². The Kier molecular flexibility index (Phi) is 12.9. The van der Waals surface area contributed by atoms with E-state index in [1.54, 1.807) is 23.1 Å². The van der Waals surface area contributed by atoms with E-state index in [0.717, 1.165) is 35.1 Å². The molecule has 0 saturated heterocycles. The van der Waals surface area contributed by atoms with Gasteiger partial charge in [-0.3, -0.25) is 13.9 Å². The molecule has 0 aliphatic heterocycles. The molecule has 0 heterocycles. The van der Waals surface area contributed by atoms with Gasteiger partial charge in [0, 0.05) is 32.5 Å². The van der Waals surface area contributed by atoms with Gasteiger partial charge in [0.15, 0.2) is 0 Å². The number of benzene rings is 3. The van der Waals surface area contributed by atoms with Gasteiger partial charge in [-0.05, 0) is 73.2 Å². The SMILES string of the molecule is CCCCNC(=O)C(Cc1ccccc1)N(Cc1ccc(Cl)c(Cl)c1)C(=O)CCCN(c1cc(C)cc(C)c1)S(C)(=O)=O. The molecule has 0 bridgehead atoms. The van der Waals surface area contributed by atoms with Crippen molar-refractivity contribution in [1.82, 2.24) is 10.2 Å². The molecular formula is C33H41Cl2N3O4S. The van der Waals surface area contributed by atoms with Crippen molar-refractivity contribution >= 4 is 50.7 Å². The Morgan fingerprint density at radius 3 is 2.16 bits per heavy atom. The molecule has 0 aromatic heterocycles. The fourth-order valence-electron chi connectivity index (χ4n) is 4.99. The molecule has 10 heteroatoms. The fourth-order valence-corrected chi connectivity index (χ4v) is 6.26. The number of aryl methyl sites for hydroxylation is 2. The van der Waals surface area contributed by atoms with Crippen LogP contribution in [0.2, 0.25) is 10.0 Å². The zero-order valence-electron chi connectivity index (χ0n) is 25.3. The van der Waals surface area contributed by atoms with Crippen LogP contribution in [-0.2, 0) is 32.6 Å². The molecule has 1 atom stereocenters. The summed E-state index contributed by atoms with van der Waals surface area (Å²) >= 11 is 12.4. The average molecular weight is 647 g/mol. The van der Waals surface area contributed by atoms with Gasteiger partial charge in [0.1, 0.15) is 6.04 Å². The number of anilines is 1. The summed E-state index contributed by atoms with van der Waals surface area (Å²) in [6.07, 6.45) is 3.55. The first-order valence-electron chi connectivity index (χ1n) is 14.5. The highest BCUT2D eigenvalue weighted by Gasteiger charge is 2.30. The van der Waals surface area contributed by atoms with Gasteiger partial charge in [-0.25, -0.2) is 8.42 Å². The Morgan fingerprint density at radius 2 is 1.56 bits per heavy atom. The van der Waals surface area contributed by atoms with Crippen LogP contribution in [0, 0.1) is 13.8 Å². The number of halogens is 2. The van der Waals surface area contributed by atoms with Gasteiger partial charge in [-0.15, -0.1) is 0 Å². The average Bonchev–Trinajstić information content (AvgIpc) is 2.94. The second-order valence-corrected chi connectivity index (χ2v) is 13.6. The molecule has 0 aliphatic carbocycles. The Bertz CT molecular complexity index is 1480. The molecule has 7 nitrogen and oxygen atoms in total. The summed E-state index contributed by atoms with van der Waals surface area (Å²) in [6.45, 7) is 6.65. The predicted molar refractivity (Wildman–Crippen MR) is 176 cm³/mol. The molecule has 3 aromatic rings. The maximum absolute atomic E-state index is 14.0. The maximum Gasteiger partial charge on any atom is 0.243 e. The van der Waals surface area contributed by atoms with Crippen LogP contribution in [0.5, 0.6) is 0 Å². The lowest BCUT2D eigenvalue weighted by Gasteiger charge is -2.32. The fraction of sp³-hybridized carbons (Fsp3) is 0.394. The highest BCUT2D eigenvalue weighted by atomic mass is 35.5. The van der Waals surface area contributed by atoms with Crippen LogP contribution >= 0.6 is 23.2 Å². The molecule has 1 N–H and O–H groups in total. The third kappa shape index (κ3) is 10.6. The molecule has 1 unspecified atom stereocenters. The topological polar surface area (TPSA) is 86.8 Å². The summed E-state index contributed by atoms with van der Waals surface area (Å²) in [4.78, 5) is 29.1. The highest BCUT2D eigenvalue weighted by molar-refractivity contribution is 7.92. The Morgan fingerprint density at radius 1 is 0.884 bits per heavy atom. The van der Waals surface area contributed by atoms with Gasteiger partial charge >= 0.3 is 0 Å². The number of hydrogen-bond acceptors (Lipinski definition) is 4. The number of carbonyl (C=O) groups is 2. The lowest BCUT2D eigenvalue weighted by molar-refractivity contribution is -0.141. The summed E-state index contributed by atoms with van der Waals surface area (Å²) in [5.74, 6) is -0.495. The van der Waals surface area contributed by atoms with Gasteiger partial charge in [-0.2, -0.15) is 0 Å². The van der Waals surface area contributed by atoms with Gasteiger partial charge in [0.2, 0.25) is 21.8 Å². The summed E-state index contributed by atoms with van der Waals surface area (Å²) < 4.78 is 26.8. The molecule has 0 radical (unpaired) electrons. The van der Waals surface area contributed by atoms with Crippen LogP contribution in [0.1, 0.15) is 54.9 Å². The second-order valence-electron chi connectivity index (χ2n) is 10.9. The van der Waals surface area contributed by atoms with Gasteiger partial charge < -0.3 is 10.2 Å². The minimum absolute atomic E-state index is 0.0473. The number of carbonyl (C=O) groups excluding carboxylic acids is 2. The number of rotatable bonds is 15. The molecular weight excluding hydrogens is 605 g/mol. The van der Waals surface area contributed by atoms with E-state index in [0.29, 0.717) is 28.7 Å². The quantitative estimate of drug-likeness (QED) is 0.186. The Labute approximate surface area is 266 Å². The molecule has 232 valence electrons. The molecule has 43 heavy (non-hydrogen) atoms. The molecule has 0 fully saturated rings. The van der Waals surface area contributed by atoms with Crippen LogP contribution in [0.15, 0.2) is 66.7 Å². The molecule has 0 aliphatic rings. The van der Waals surface area contributed by atoms with Crippen LogP contribution in [0.4, 0.5) is 5.69 Å². The van der Waals surface area contributed by atoms with E-state index in [-0.39, 0.29) is 37.7 Å². The Balaban J connectivity index is 1.90. The number of amides is 2. The van der Waals surface area contributed by atoms with Crippen LogP contribution in [-0.4, -0.2) is 50.5 Å². The Hall–Kier alpha value is -3.07. The van der Waals surface area contributed by atoms with Crippen molar-refractivity contribution in [2.75, 3.05) is 23.7 Å². The van der Waals surface area contributed by atoms with E-state index < -0.39 is 16.1 Å². The zero-order chi connectivity index (χ0) is 31.6. The third-order valence-corrected chi connectivity index (χ3v) is 9.02. The monoisotopic (exact) mass is 645 g/mol. The molecule has 3 aromatic carbocycles. The first-order chi connectivity index (χ1) is 20.4. The minimum atomic E-state index is -3.59. The van der Waals surface area contributed by atoms with Crippen molar-refractivity contribution in [2.45, 2.75) is 65.5 Å². The summed E-state index contributed by atoms with van der Waals surface area (Å²) in [7, 11) is -3.59. The van der Waals surface area contributed by atoms with Crippen molar-refractivity contribution in [3.63, 3.8) is 0 Å². The normalized spacial score (nSPS) is 12.0. The van der Waals surface area contributed by atoms with Gasteiger partial charge in [-0.1, -0.05) is 79.0 Å². The van der Waals surface area contributed by atoms with Crippen molar-refractivity contribution in [1.29, 1.82) is 0 Å². The van der Waals surface area contributed by atoms with E-state index >= 15 is 0 Å². The first kappa shape index (κ1) is 34.4. The van der Waals surface area contributed by atoms with E-state index in [1.807, 2.05) is 69.3 Å². The smallest absolute Gasteiger partial charge is 0.243 e. The largest absolute Gasteiger partial charge is 0.354 e. The lowest BCUT2D eigenvalue weighted by Crippen LogP contribution is -2.50. The summed E-state index contributed by atoms with van der Waals surface area (Å²) in [6, 6.07) is 19.6. The van der Waals surface area contributed by atoms with E-state index in [1.165, 1.54) is 10.6 Å². The van der Waals surface area contributed by atoms with E-state index in [4.69, 9.17) is 23.2 Å². The number of nitrogens with zero attached hydrogens (tertiary/aromatic N) is 2. The van der Waals surface area contributed by atoms with Crippen LogP contribution in [0.3, 0.4) is 0 Å².